The lowest BCUT2D eigenvalue weighted by Gasteiger charge is -2.16. The van der Waals surface area contributed by atoms with E-state index >= 15 is 0 Å². The fraction of sp³-hybridized carbons (Fsp3) is 0.500. The lowest BCUT2D eigenvalue weighted by molar-refractivity contribution is 0.444. The Labute approximate surface area is 110 Å². The quantitative estimate of drug-likeness (QED) is 0.818. The molecule has 1 aromatic heterocycles. The summed E-state index contributed by atoms with van der Waals surface area (Å²) in [5.74, 6) is 0.737. The van der Waals surface area contributed by atoms with E-state index in [-0.39, 0.29) is 0 Å². The number of rotatable bonds is 6. The van der Waals surface area contributed by atoms with Gasteiger partial charge in [0.05, 0.1) is 0 Å². The lowest BCUT2D eigenvalue weighted by atomic mass is 10.1. The second-order valence-corrected chi connectivity index (χ2v) is 5.23. The molecule has 1 N–H and O–H groups in total. The van der Waals surface area contributed by atoms with E-state index in [1.165, 1.54) is 29.4 Å². The molecule has 1 heterocycles. The fourth-order valence-corrected chi connectivity index (χ4v) is 2.71. The van der Waals surface area contributed by atoms with Gasteiger partial charge in [0, 0.05) is 24.3 Å². The molecule has 98 valence electrons. The summed E-state index contributed by atoms with van der Waals surface area (Å²) in [5.41, 5.74) is 2.76. The zero-order valence-electron chi connectivity index (χ0n) is 11.7. The Morgan fingerprint density at radius 3 is 2.78 bits per heavy atom. The molecular weight excluding hydrogens is 220 g/mol. The molecule has 18 heavy (non-hydrogen) atoms. The first kappa shape index (κ1) is 13.2. The summed E-state index contributed by atoms with van der Waals surface area (Å²) in [6.07, 6.45) is 2.56. The van der Waals surface area contributed by atoms with Crippen LogP contribution < -0.4 is 5.32 Å². The molecular formula is C16H24N2. The van der Waals surface area contributed by atoms with Crippen LogP contribution in [0.25, 0.3) is 10.9 Å². The first-order chi connectivity index (χ1) is 8.76. The number of aromatic nitrogens is 1. The van der Waals surface area contributed by atoms with Gasteiger partial charge in [-0.3, -0.25) is 0 Å². The highest BCUT2D eigenvalue weighted by Crippen LogP contribution is 2.22. The van der Waals surface area contributed by atoms with Crippen molar-refractivity contribution in [1.29, 1.82) is 0 Å². The highest BCUT2D eigenvalue weighted by Gasteiger charge is 2.10. The standard InChI is InChI=1S/C16H24N2/c1-4-7-13(2)12-18-15(11-17-3)10-14-8-5-6-9-16(14)18/h5-6,8-10,13,17H,4,7,11-12H2,1-3H3. The first-order valence-corrected chi connectivity index (χ1v) is 6.98. The summed E-state index contributed by atoms with van der Waals surface area (Å²) in [6, 6.07) is 11.0. The van der Waals surface area contributed by atoms with E-state index in [2.05, 4.69) is 54.1 Å². The van der Waals surface area contributed by atoms with Crippen molar-refractivity contribution in [2.75, 3.05) is 7.05 Å². The Hall–Kier alpha value is -1.28. The zero-order valence-corrected chi connectivity index (χ0v) is 11.7. The van der Waals surface area contributed by atoms with Crippen LogP contribution in [0.15, 0.2) is 30.3 Å². The Kier molecular flexibility index (Phi) is 4.43. The number of para-hydroxylation sites is 1. The van der Waals surface area contributed by atoms with E-state index in [1.807, 2.05) is 7.05 Å². The van der Waals surface area contributed by atoms with E-state index in [1.54, 1.807) is 0 Å². The summed E-state index contributed by atoms with van der Waals surface area (Å²) >= 11 is 0. The van der Waals surface area contributed by atoms with Crippen molar-refractivity contribution in [3.8, 4) is 0 Å². The maximum Gasteiger partial charge on any atom is 0.0483 e. The van der Waals surface area contributed by atoms with Gasteiger partial charge in [0.1, 0.15) is 0 Å². The molecule has 2 aromatic rings. The number of nitrogens with zero attached hydrogens (tertiary/aromatic N) is 1. The number of hydrogen-bond acceptors (Lipinski definition) is 1. The second-order valence-electron chi connectivity index (χ2n) is 5.23. The minimum Gasteiger partial charge on any atom is -0.343 e. The average Bonchev–Trinajstić information content (AvgIpc) is 2.69. The minimum atomic E-state index is 0.737. The molecule has 2 nitrogen and oxygen atoms in total. The molecule has 0 aliphatic heterocycles. The molecule has 1 aromatic carbocycles. The van der Waals surface area contributed by atoms with Crippen LogP contribution >= 0.6 is 0 Å². The Morgan fingerprint density at radius 2 is 2.06 bits per heavy atom. The van der Waals surface area contributed by atoms with Crippen LogP contribution in [0.3, 0.4) is 0 Å². The average molecular weight is 244 g/mol. The number of hydrogen-bond donors (Lipinski definition) is 1. The van der Waals surface area contributed by atoms with Gasteiger partial charge in [-0.2, -0.15) is 0 Å². The summed E-state index contributed by atoms with van der Waals surface area (Å²) < 4.78 is 2.48. The van der Waals surface area contributed by atoms with E-state index in [0.29, 0.717) is 0 Å². The van der Waals surface area contributed by atoms with E-state index in [4.69, 9.17) is 0 Å². The number of benzene rings is 1. The van der Waals surface area contributed by atoms with Gasteiger partial charge in [-0.05, 0) is 36.9 Å². The summed E-state index contributed by atoms with van der Waals surface area (Å²) in [4.78, 5) is 0. The third-order valence-corrected chi connectivity index (χ3v) is 3.53. The van der Waals surface area contributed by atoms with Gasteiger partial charge in [0.15, 0.2) is 0 Å². The van der Waals surface area contributed by atoms with Gasteiger partial charge in [-0.25, -0.2) is 0 Å². The molecule has 0 saturated heterocycles. The molecule has 0 bridgehead atoms. The summed E-state index contributed by atoms with van der Waals surface area (Å²) in [6.45, 7) is 6.67. The van der Waals surface area contributed by atoms with Crippen LogP contribution in [0.4, 0.5) is 0 Å². The van der Waals surface area contributed by atoms with Gasteiger partial charge in [0.2, 0.25) is 0 Å². The second kappa shape index (κ2) is 6.05. The smallest absolute Gasteiger partial charge is 0.0483 e. The predicted octanol–water partition coefficient (Wildman–Crippen LogP) is 3.80. The highest BCUT2D eigenvalue weighted by atomic mass is 15.0. The molecule has 1 atom stereocenters. The van der Waals surface area contributed by atoms with Crippen molar-refractivity contribution in [3.05, 3.63) is 36.0 Å². The van der Waals surface area contributed by atoms with Crippen LogP contribution in [-0.4, -0.2) is 11.6 Å². The largest absolute Gasteiger partial charge is 0.343 e. The normalized spacial score (nSPS) is 13.1. The Bertz CT molecular complexity index is 499. The SMILES string of the molecule is CCCC(C)Cn1c(CNC)cc2ccccc21. The minimum absolute atomic E-state index is 0.737. The highest BCUT2D eigenvalue weighted by molar-refractivity contribution is 5.81. The fourth-order valence-electron chi connectivity index (χ4n) is 2.71. The monoisotopic (exact) mass is 244 g/mol. The maximum atomic E-state index is 3.27. The third-order valence-electron chi connectivity index (χ3n) is 3.53. The van der Waals surface area contributed by atoms with Crippen LogP contribution in [0.1, 0.15) is 32.4 Å². The van der Waals surface area contributed by atoms with Gasteiger partial charge >= 0.3 is 0 Å². The maximum absolute atomic E-state index is 3.27. The van der Waals surface area contributed by atoms with Gasteiger partial charge in [-0.15, -0.1) is 0 Å². The Morgan fingerprint density at radius 1 is 1.28 bits per heavy atom. The van der Waals surface area contributed by atoms with E-state index < -0.39 is 0 Å². The van der Waals surface area contributed by atoms with Crippen LogP contribution in [0, 0.1) is 5.92 Å². The molecule has 0 fully saturated rings. The van der Waals surface area contributed by atoms with Crippen LogP contribution in [-0.2, 0) is 13.1 Å². The van der Waals surface area contributed by atoms with Crippen LogP contribution in [0.5, 0.6) is 0 Å². The number of fused-ring (bicyclic) bond motifs is 1. The van der Waals surface area contributed by atoms with E-state index in [9.17, 15) is 0 Å². The predicted molar refractivity (Wildman–Crippen MR) is 78.8 cm³/mol. The molecule has 0 aliphatic rings. The zero-order chi connectivity index (χ0) is 13.0. The third kappa shape index (κ3) is 2.75. The van der Waals surface area contributed by atoms with Crippen molar-refractivity contribution >= 4 is 10.9 Å². The molecule has 0 aliphatic carbocycles. The number of nitrogens with one attached hydrogen (secondary N) is 1. The lowest BCUT2D eigenvalue weighted by Crippen LogP contribution is -2.14. The molecule has 2 rings (SSSR count). The molecule has 0 amide bonds. The molecule has 0 saturated carbocycles. The van der Waals surface area contributed by atoms with Crippen molar-refractivity contribution in [2.24, 2.45) is 5.92 Å². The summed E-state index contributed by atoms with van der Waals surface area (Å²) in [5, 5.41) is 4.62. The molecule has 0 spiro atoms. The molecule has 2 heteroatoms. The van der Waals surface area contributed by atoms with Gasteiger partial charge < -0.3 is 9.88 Å². The van der Waals surface area contributed by atoms with Crippen molar-refractivity contribution < 1.29 is 0 Å². The first-order valence-electron chi connectivity index (χ1n) is 6.98. The topological polar surface area (TPSA) is 17.0 Å². The molecule has 1 unspecified atom stereocenters. The Balaban J connectivity index is 2.35. The van der Waals surface area contributed by atoms with Crippen molar-refractivity contribution in [1.82, 2.24) is 9.88 Å². The van der Waals surface area contributed by atoms with Crippen molar-refractivity contribution in [2.45, 2.75) is 39.8 Å². The van der Waals surface area contributed by atoms with Gasteiger partial charge in [-0.1, -0.05) is 38.5 Å². The molecule has 0 radical (unpaired) electrons. The van der Waals surface area contributed by atoms with Crippen molar-refractivity contribution in [3.63, 3.8) is 0 Å². The van der Waals surface area contributed by atoms with E-state index in [0.717, 1.165) is 19.0 Å². The summed E-state index contributed by atoms with van der Waals surface area (Å²) in [7, 11) is 2.01. The van der Waals surface area contributed by atoms with Gasteiger partial charge in [0.25, 0.3) is 0 Å². The van der Waals surface area contributed by atoms with Crippen LogP contribution in [0.2, 0.25) is 0 Å².